The topological polar surface area (TPSA) is 315 Å². The molecule has 19 nitrogen and oxygen atoms in total. The Morgan fingerprint density at radius 3 is 2.01 bits per heavy atom. The van der Waals surface area contributed by atoms with Gasteiger partial charge in [0, 0.05) is 5.41 Å². The number of esters is 1. The molecule has 7 fully saturated rings. The summed E-state index contributed by atoms with van der Waals surface area (Å²) < 4.78 is 34.7. The normalized spacial score (nSPS) is 56.7. The Labute approximate surface area is 392 Å². The molecule has 22 unspecified atom stereocenters. The van der Waals surface area contributed by atoms with Crippen molar-refractivity contribution in [2.75, 3.05) is 19.8 Å². The zero-order valence-corrected chi connectivity index (χ0v) is 39.8. The largest absolute Gasteiger partial charge is 0.432 e. The van der Waals surface area contributed by atoms with Crippen LogP contribution in [0.2, 0.25) is 0 Å². The van der Waals surface area contributed by atoms with E-state index in [4.69, 9.17) is 28.4 Å². The van der Waals surface area contributed by atoms with Gasteiger partial charge in [-0.2, -0.15) is 0 Å². The van der Waals surface area contributed by atoms with Crippen molar-refractivity contribution in [3.8, 4) is 0 Å². The van der Waals surface area contributed by atoms with Crippen molar-refractivity contribution in [2.24, 2.45) is 56.7 Å². The van der Waals surface area contributed by atoms with E-state index < -0.39 is 134 Å². The molecule has 0 spiro atoms. The molecule has 384 valence electrons. The molecule has 8 rings (SSSR count). The lowest BCUT2D eigenvalue weighted by molar-refractivity contribution is -0.361. The minimum absolute atomic E-state index is 0.0112. The Bertz CT molecular complexity index is 1820. The standard InChI is InChI=1S/C48H78O19/c1-20-10-13-48(15-14-46(6)23(29(48)21(20)2)8-9-28-44(4)16-24(51)39(60)45(5,19-50)27(44)11-12-47(28,46)7)43(61)67-42-36(58)33(55)31(53)26(65-42)18-62-40-37(59)34(56)38(25(17-49)64-40)66-41-35(57)32(54)30(52)22(3)63-41/h8,20-22,24-42,49-60H,9-19H2,1-7H3/t20?,21?,22?,24?,25?,26?,27?,28?,29?,30?,31?,32?,33?,34?,35?,36?,37?,38?,39?,40?,41?,42?,44-,45-,46+,47+,48-/m0/s1. The Morgan fingerprint density at radius 2 is 1.34 bits per heavy atom. The van der Waals surface area contributed by atoms with Gasteiger partial charge in [0.1, 0.15) is 67.1 Å². The molecule has 0 bridgehead atoms. The van der Waals surface area contributed by atoms with Crippen molar-refractivity contribution in [3.05, 3.63) is 11.6 Å². The third kappa shape index (κ3) is 7.92. The van der Waals surface area contributed by atoms with Crippen molar-refractivity contribution < 1.29 is 94.5 Å². The summed E-state index contributed by atoms with van der Waals surface area (Å²) in [6, 6.07) is 0. The average molecular weight is 959 g/mol. The van der Waals surface area contributed by atoms with E-state index in [1.54, 1.807) is 0 Å². The van der Waals surface area contributed by atoms with Crippen LogP contribution in [0.1, 0.15) is 99.8 Å². The van der Waals surface area contributed by atoms with Crippen LogP contribution in [-0.2, 0) is 33.2 Å². The SMILES string of the molecule is CC1CC[C@]2(C(=O)OC3OC(COC4OC(CO)C(OC5OC(C)C(O)C(O)C5O)C(O)C4O)C(O)C(O)C3O)CC[C@]3(C)C(=CCC4[C@@]5(C)CC(O)C(O)[C@@](C)(CO)C5CC[C@]43C)C2C1C. The predicted molar refractivity (Wildman–Crippen MR) is 231 cm³/mol. The van der Waals surface area contributed by atoms with Gasteiger partial charge in [-0.3, -0.25) is 4.79 Å². The molecule has 0 amide bonds. The Hall–Kier alpha value is -1.47. The van der Waals surface area contributed by atoms with Crippen LogP contribution in [0.15, 0.2) is 11.6 Å². The Kier molecular flexibility index (Phi) is 14.4. The molecule has 0 aromatic rings. The number of ether oxygens (including phenoxy) is 6. The summed E-state index contributed by atoms with van der Waals surface area (Å²) in [6.45, 7) is 13.0. The number of allylic oxidation sites excluding steroid dienone is 2. The lowest BCUT2D eigenvalue weighted by Crippen LogP contribution is -2.68. The monoisotopic (exact) mass is 959 g/mol. The van der Waals surface area contributed by atoms with Gasteiger partial charge < -0.3 is 89.7 Å². The van der Waals surface area contributed by atoms with E-state index in [0.717, 1.165) is 19.3 Å². The maximum atomic E-state index is 15.0. The zero-order valence-electron chi connectivity index (χ0n) is 39.8. The van der Waals surface area contributed by atoms with E-state index in [-0.39, 0.29) is 52.4 Å². The van der Waals surface area contributed by atoms with Crippen molar-refractivity contribution in [1.29, 1.82) is 0 Å². The molecule has 5 aliphatic carbocycles. The van der Waals surface area contributed by atoms with Gasteiger partial charge >= 0.3 is 5.97 Å². The molecule has 3 aliphatic heterocycles. The summed E-state index contributed by atoms with van der Waals surface area (Å²) in [7, 11) is 0. The van der Waals surface area contributed by atoms with Crippen molar-refractivity contribution in [2.45, 2.75) is 204 Å². The first-order valence-corrected chi connectivity index (χ1v) is 24.5. The number of fused-ring (bicyclic) bond motifs is 7. The molecule has 27 atom stereocenters. The fourth-order valence-corrected chi connectivity index (χ4v) is 15.2. The number of aliphatic hydroxyl groups is 12. The molecule has 19 heteroatoms. The summed E-state index contributed by atoms with van der Waals surface area (Å²) in [6.07, 6.45) is -18.9. The molecule has 0 aromatic carbocycles. The third-order valence-electron chi connectivity index (χ3n) is 19.7. The quantitative estimate of drug-likeness (QED) is 0.0971. The van der Waals surface area contributed by atoms with Gasteiger partial charge in [-0.25, -0.2) is 0 Å². The van der Waals surface area contributed by atoms with Crippen LogP contribution in [0.4, 0.5) is 0 Å². The van der Waals surface area contributed by atoms with Crippen molar-refractivity contribution in [3.63, 3.8) is 0 Å². The molecule has 12 N–H and O–H groups in total. The summed E-state index contributed by atoms with van der Waals surface area (Å²) in [5, 5.41) is 130. The first-order valence-electron chi connectivity index (χ1n) is 24.5. The highest BCUT2D eigenvalue weighted by atomic mass is 16.8. The summed E-state index contributed by atoms with van der Waals surface area (Å²) in [4.78, 5) is 15.0. The fraction of sp³-hybridized carbons (Fsp3) is 0.938. The highest BCUT2D eigenvalue weighted by molar-refractivity contribution is 5.79. The van der Waals surface area contributed by atoms with Crippen LogP contribution in [0.25, 0.3) is 0 Å². The first kappa shape index (κ1) is 51.9. The minimum Gasteiger partial charge on any atom is -0.432 e. The Morgan fingerprint density at radius 1 is 0.701 bits per heavy atom. The predicted octanol–water partition coefficient (Wildman–Crippen LogP) is -1.03. The van der Waals surface area contributed by atoms with Crippen LogP contribution in [-0.4, -0.2) is 191 Å². The first-order chi connectivity index (χ1) is 31.4. The van der Waals surface area contributed by atoms with Gasteiger partial charge in [-0.1, -0.05) is 53.2 Å². The second-order valence-corrected chi connectivity index (χ2v) is 22.9. The summed E-state index contributed by atoms with van der Waals surface area (Å²) in [5.41, 5.74) is -1.64. The highest BCUT2D eigenvalue weighted by Gasteiger charge is 2.71. The van der Waals surface area contributed by atoms with Gasteiger partial charge in [-0.15, -0.1) is 0 Å². The fourth-order valence-electron chi connectivity index (χ4n) is 15.2. The van der Waals surface area contributed by atoms with Gasteiger partial charge in [0.05, 0.1) is 43.5 Å². The molecule has 8 aliphatic rings. The number of hydrogen-bond donors (Lipinski definition) is 12. The number of hydrogen-bond acceptors (Lipinski definition) is 19. The lowest BCUT2D eigenvalue weighted by Gasteiger charge is -2.71. The molecular weight excluding hydrogens is 881 g/mol. The Balaban J connectivity index is 0.985. The second-order valence-electron chi connectivity index (χ2n) is 22.9. The van der Waals surface area contributed by atoms with Gasteiger partial charge in [0.25, 0.3) is 0 Å². The van der Waals surface area contributed by atoms with Crippen LogP contribution >= 0.6 is 0 Å². The minimum atomic E-state index is -1.86. The van der Waals surface area contributed by atoms with Crippen molar-refractivity contribution >= 4 is 5.97 Å². The smallest absolute Gasteiger partial charge is 0.315 e. The van der Waals surface area contributed by atoms with E-state index in [0.29, 0.717) is 32.1 Å². The second kappa shape index (κ2) is 18.5. The molecule has 0 aromatic heterocycles. The molecule has 0 radical (unpaired) electrons. The number of carbonyl (C=O) groups excluding carboxylic acids is 1. The molecule has 67 heavy (non-hydrogen) atoms. The van der Waals surface area contributed by atoms with Gasteiger partial charge in [-0.05, 0) is 104 Å². The van der Waals surface area contributed by atoms with E-state index in [9.17, 15) is 61.3 Å². The van der Waals surface area contributed by atoms with Crippen molar-refractivity contribution in [1.82, 2.24) is 0 Å². The number of rotatable bonds is 9. The van der Waals surface area contributed by atoms with Crippen LogP contribution in [0, 0.1) is 56.7 Å². The van der Waals surface area contributed by atoms with Gasteiger partial charge in [0.15, 0.2) is 12.6 Å². The summed E-state index contributed by atoms with van der Waals surface area (Å²) >= 11 is 0. The van der Waals surface area contributed by atoms with E-state index in [2.05, 4.69) is 40.7 Å². The molecular formula is C48H78O19. The average Bonchev–Trinajstić information content (AvgIpc) is 3.29. The van der Waals surface area contributed by atoms with E-state index >= 15 is 4.79 Å². The summed E-state index contributed by atoms with van der Waals surface area (Å²) in [5.74, 6) is -0.386. The third-order valence-corrected chi connectivity index (χ3v) is 19.7. The maximum Gasteiger partial charge on any atom is 0.315 e. The number of aliphatic hydroxyl groups excluding tert-OH is 12. The molecule has 3 heterocycles. The van der Waals surface area contributed by atoms with Crippen LogP contribution < -0.4 is 0 Å². The molecule has 4 saturated carbocycles. The van der Waals surface area contributed by atoms with Crippen LogP contribution in [0.5, 0.6) is 0 Å². The zero-order chi connectivity index (χ0) is 49.1. The van der Waals surface area contributed by atoms with Crippen LogP contribution in [0.3, 0.4) is 0 Å². The highest BCUT2D eigenvalue weighted by Crippen LogP contribution is 2.76. The van der Waals surface area contributed by atoms with E-state index in [1.165, 1.54) is 12.5 Å². The molecule has 3 saturated heterocycles. The number of carbonyl (C=O) groups is 1. The van der Waals surface area contributed by atoms with E-state index in [1.807, 2.05) is 6.92 Å². The maximum absolute atomic E-state index is 15.0. The lowest BCUT2D eigenvalue weighted by atomic mass is 9.33. The van der Waals surface area contributed by atoms with Gasteiger partial charge in [0.2, 0.25) is 6.29 Å².